The largest absolute Gasteiger partial charge is 0.455 e. The lowest BCUT2D eigenvalue weighted by molar-refractivity contribution is -0.385. The number of rotatable bonds is 13. The van der Waals surface area contributed by atoms with E-state index in [4.69, 9.17) is 9.47 Å². The summed E-state index contributed by atoms with van der Waals surface area (Å²) >= 11 is 0. The van der Waals surface area contributed by atoms with Crippen molar-refractivity contribution in [2.24, 2.45) is 16.2 Å². The van der Waals surface area contributed by atoms with E-state index in [1.165, 1.54) is 50.7 Å². The quantitative estimate of drug-likeness (QED) is 0.0780. The Labute approximate surface area is 357 Å². The molecule has 2 aromatic carbocycles. The molecule has 2 saturated heterocycles. The second kappa shape index (κ2) is 15.8. The summed E-state index contributed by atoms with van der Waals surface area (Å²) in [6.45, 7) is 13.8. The van der Waals surface area contributed by atoms with Crippen LogP contribution in [0.2, 0.25) is 0 Å². The number of ether oxygens (including phenoxy) is 2. The maximum Gasteiger partial charge on any atom is 0.273 e. The third-order valence-corrected chi connectivity index (χ3v) is 15.3. The minimum absolute atomic E-state index is 0.00847. The summed E-state index contributed by atoms with van der Waals surface area (Å²) in [5.74, 6) is -0.391. The predicted molar refractivity (Wildman–Crippen MR) is 234 cm³/mol. The normalized spacial score (nSPS) is 25.5. The molecule has 2 aromatic heterocycles. The Morgan fingerprint density at radius 2 is 1.84 bits per heavy atom. The highest BCUT2D eigenvalue weighted by molar-refractivity contribution is 7.90. The van der Waals surface area contributed by atoms with Gasteiger partial charge in [-0.3, -0.25) is 19.8 Å². The van der Waals surface area contributed by atoms with Gasteiger partial charge in [-0.05, 0) is 105 Å². The Morgan fingerprint density at radius 3 is 2.57 bits per heavy atom. The van der Waals surface area contributed by atoms with Crippen molar-refractivity contribution >= 4 is 38.3 Å². The number of hydrogen-bond acceptors (Lipinski definition) is 11. The molecule has 2 bridgehead atoms. The van der Waals surface area contributed by atoms with E-state index in [9.17, 15) is 23.3 Å². The summed E-state index contributed by atoms with van der Waals surface area (Å²) in [4.78, 5) is 39.6. The van der Waals surface area contributed by atoms with E-state index in [0.29, 0.717) is 59.2 Å². The first kappa shape index (κ1) is 41.5. The van der Waals surface area contributed by atoms with Crippen molar-refractivity contribution in [2.45, 2.75) is 83.1 Å². The lowest BCUT2D eigenvalue weighted by Gasteiger charge is -2.72. The van der Waals surface area contributed by atoms with Crippen molar-refractivity contribution in [3.63, 3.8) is 0 Å². The molecule has 0 unspecified atom stereocenters. The van der Waals surface area contributed by atoms with Crippen molar-refractivity contribution in [2.75, 3.05) is 64.4 Å². The number of aromatic amines is 1. The number of carbonyl (C=O) groups excluding carboxylic acids is 1. The van der Waals surface area contributed by atoms with Gasteiger partial charge in [-0.25, -0.2) is 18.1 Å². The van der Waals surface area contributed by atoms with Crippen molar-refractivity contribution in [1.29, 1.82) is 0 Å². The zero-order chi connectivity index (χ0) is 42.7. The summed E-state index contributed by atoms with van der Waals surface area (Å²) in [6, 6.07) is 12.6. The summed E-state index contributed by atoms with van der Waals surface area (Å²) < 4.78 is 41.7. The van der Waals surface area contributed by atoms with Gasteiger partial charge in [0.05, 0.1) is 34.3 Å². The van der Waals surface area contributed by atoms with E-state index in [0.717, 1.165) is 56.4 Å². The molecule has 4 heterocycles. The van der Waals surface area contributed by atoms with Crippen molar-refractivity contribution in [3.05, 3.63) is 93.3 Å². The number of nitro groups is 1. The number of nitrogens with one attached hydrogen (secondary N) is 2. The van der Waals surface area contributed by atoms with Crippen molar-refractivity contribution in [3.8, 4) is 11.5 Å². The van der Waals surface area contributed by atoms with E-state index in [-0.39, 0.29) is 28.0 Å². The van der Waals surface area contributed by atoms with Gasteiger partial charge in [0, 0.05) is 80.8 Å². The molecule has 4 aliphatic carbocycles. The molecule has 0 radical (unpaired) electrons. The molecule has 15 heteroatoms. The Morgan fingerprint density at radius 1 is 1.05 bits per heavy atom. The van der Waals surface area contributed by atoms with Crippen LogP contribution in [-0.2, 0) is 21.2 Å². The van der Waals surface area contributed by atoms with Crippen LogP contribution >= 0.6 is 0 Å². The number of aryl methyl sites for hydroxylation is 1. The number of allylic oxidation sites excluding steroid dienone is 1. The number of likely N-dealkylation sites (N-methyl/N-ethyl adjacent to an activating group) is 1. The summed E-state index contributed by atoms with van der Waals surface area (Å²) in [5.41, 5.74) is 6.41. The third-order valence-electron chi connectivity index (χ3n) is 14.0. The monoisotopic (exact) mass is 851 g/mol. The average molecular weight is 852 g/mol. The number of pyridine rings is 1. The Balaban J connectivity index is 0.919. The Hall–Kier alpha value is -4.83. The molecule has 324 valence electrons. The Bertz CT molecular complexity index is 2490. The van der Waals surface area contributed by atoms with E-state index >= 15 is 0 Å². The molecule has 3 saturated carbocycles. The minimum atomic E-state index is -4.53. The highest BCUT2D eigenvalue weighted by atomic mass is 32.2. The first-order chi connectivity index (χ1) is 29.1. The second-order valence-corrected chi connectivity index (χ2v) is 21.1. The van der Waals surface area contributed by atoms with Crippen LogP contribution in [0.5, 0.6) is 11.5 Å². The summed E-state index contributed by atoms with van der Waals surface area (Å²) in [6.07, 6.45) is 11.8. The van der Waals surface area contributed by atoms with Crippen LogP contribution in [0.3, 0.4) is 0 Å². The fourth-order valence-corrected chi connectivity index (χ4v) is 11.9. The predicted octanol–water partition coefficient (Wildman–Crippen LogP) is 7.46. The van der Waals surface area contributed by atoms with Crippen LogP contribution < -0.4 is 14.4 Å². The molecule has 2 aliphatic heterocycles. The number of nitro benzene ring substituents is 1. The Kier molecular flexibility index (Phi) is 10.8. The van der Waals surface area contributed by atoms with Gasteiger partial charge in [-0.1, -0.05) is 38.0 Å². The van der Waals surface area contributed by atoms with Crippen LogP contribution in [0.4, 0.5) is 11.4 Å². The number of fused-ring (bicyclic) bond motifs is 1. The molecule has 0 spiro atoms. The van der Waals surface area contributed by atoms with Gasteiger partial charge in [-0.15, -0.1) is 0 Å². The van der Waals surface area contributed by atoms with Crippen LogP contribution in [-0.4, -0.2) is 105 Å². The number of H-pyrrole nitrogens is 1. The number of anilines is 1. The standard InChI is InChI=1S/C46H57N7O7S/c1-44(2)13-11-33(39(24-44)46-28-45(3,29-46)30-46)26-51-15-17-52(18-16-51)34-7-10-38(41(22-34)60-36-21-32-12-14-47-42(32)48-25-36)43(54)49-61(57,58)37-9-6-31(40(23-37)53(55)56)5-8-35-27-50(4)19-20-59-35/h6-7,9-10,12,14,21-23,25,35H,5,8,11,13,15-20,24,26-30H2,1-4H3,(H,47,48)(H,49,54)/t35-,45?,46?/m1/s1. The van der Waals surface area contributed by atoms with Gasteiger partial charge < -0.3 is 24.3 Å². The number of nitrogens with zero attached hydrogens (tertiary/aromatic N) is 5. The van der Waals surface area contributed by atoms with Gasteiger partial charge >= 0.3 is 0 Å². The average Bonchev–Trinajstić information content (AvgIpc) is 3.67. The molecular weight excluding hydrogens is 795 g/mol. The number of sulfonamides is 1. The lowest BCUT2D eigenvalue weighted by atomic mass is 9.33. The van der Waals surface area contributed by atoms with Crippen LogP contribution in [0.1, 0.15) is 81.6 Å². The number of benzene rings is 2. The number of piperazine rings is 1. The lowest BCUT2D eigenvalue weighted by Crippen LogP contribution is -2.61. The molecular formula is C46H57N7O7S. The van der Waals surface area contributed by atoms with Gasteiger partial charge in [-0.2, -0.15) is 0 Å². The first-order valence-corrected chi connectivity index (χ1v) is 23.1. The van der Waals surface area contributed by atoms with E-state index in [1.807, 2.05) is 19.2 Å². The van der Waals surface area contributed by atoms with Crippen LogP contribution in [0.25, 0.3) is 11.0 Å². The van der Waals surface area contributed by atoms with Crippen molar-refractivity contribution in [1.82, 2.24) is 24.5 Å². The first-order valence-electron chi connectivity index (χ1n) is 21.6. The molecule has 10 rings (SSSR count). The number of amides is 1. The van der Waals surface area contributed by atoms with E-state index in [2.05, 4.69) is 50.2 Å². The number of aromatic nitrogens is 2. The van der Waals surface area contributed by atoms with Crippen molar-refractivity contribution < 1.29 is 27.6 Å². The smallest absolute Gasteiger partial charge is 0.273 e. The SMILES string of the molecule is CN1CCO[C@H](CCc2ccc(S(=O)(=O)NC(=O)c3ccc(N4CCN(CC5=C(C67CC(C)(C6)C7)CC(C)(C)CC5)CC4)cc3Oc3cnc4[nH]ccc4c3)cc2[N+](=O)[O-])C1. The number of carbonyl (C=O) groups is 1. The summed E-state index contributed by atoms with van der Waals surface area (Å²) in [5, 5.41) is 13.0. The molecule has 5 fully saturated rings. The molecule has 14 nitrogen and oxygen atoms in total. The van der Waals surface area contributed by atoms with Gasteiger partial charge in [0.15, 0.2) is 0 Å². The minimum Gasteiger partial charge on any atom is -0.455 e. The summed E-state index contributed by atoms with van der Waals surface area (Å²) in [7, 11) is -2.53. The molecule has 1 amide bonds. The van der Waals surface area contributed by atoms with Gasteiger partial charge in [0.1, 0.15) is 17.1 Å². The van der Waals surface area contributed by atoms with E-state index in [1.54, 1.807) is 41.7 Å². The van der Waals surface area contributed by atoms with Gasteiger partial charge in [0.25, 0.3) is 21.6 Å². The van der Waals surface area contributed by atoms with E-state index < -0.39 is 20.9 Å². The zero-order valence-electron chi connectivity index (χ0n) is 35.7. The van der Waals surface area contributed by atoms with Gasteiger partial charge in [0.2, 0.25) is 0 Å². The molecule has 1 atom stereocenters. The topological polar surface area (TPSA) is 163 Å². The maximum absolute atomic E-state index is 13.9. The zero-order valence-corrected chi connectivity index (χ0v) is 36.5. The molecule has 4 aromatic rings. The molecule has 61 heavy (non-hydrogen) atoms. The molecule has 2 N–H and O–H groups in total. The highest BCUT2D eigenvalue weighted by Gasteiger charge is 2.66. The number of hydrogen-bond donors (Lipinski definition) is 2. The maximum atomic E-state index is 13.9. The highest BCUT2D eigenvalue weighted by Crippen LogP contribution is 2.77. The third kappa shape index (κ3) is 8.54. The van der Waals surface area contributed by atoms with Crippen LogP contribution in [0, 0.1) is 26.4 Å². The van der Waals surface area contributed by atoms with Crippen LogP contribution in [0.15, 0.2) is 77.0 Å². The second-order valence-electron chi connectivity index (χ2n) is 19.5. The molecule has 6 aliphatic rings. The number of morpholine rings is 1. The fraction of sp³-hybridized carbons (Fsp3) is 0.522. The fourth-order valence-electron chi connectivity index (χ4n) is 10.9.